The van der Waals surface area contributed by atoms with Crippen LogP contribution in [0.4, 0.5) is 5.69 Å². The molecule has 2 fully saturated rings. The summed E-state index contributed by atoms with van der Waals surface area (Å²) in [5.41, 5.74) is 0.630. The van der Waals surface area contributed by atoms with Crippen LogP contribution in [0.1, 0.15) is 19.8 Å². The standard InChI is InChI=1S/C18H25N3O3/c1-3-12-24-15-6-4-14(5-7-15)21-17(22)13-16(18(21)23)20-10-8-19(2)9-11-20/h4-7,16H,3,8-13H2,1-2H3/t16-/m1/s1. The van der Waals surface area contributed by atoms with Crippen molar-refractivity contribution in [3.05, 3.63) is 24.3 Å². The largest absolute Gasteiger partial charge is 0.494 e. The molecule has 0 bridgehead atoms. The number of hydrogen-bond acceptors (Lipinski definition) is 5. The molecule has 1 aromatic rings. The molecule has 0 aliphatic carbocycles. The Kier molecular flexibility index (Phi) is 5.16. The van der Waals surface area contributed by atoms with Gasteiger partial charge in [0.2, 0.25) is 5.91 Å². The Hall–Kier alpha value is -1.92. The highest BCUT2D eigenvalue weighted by Gasteiger charge is 2.43. The van der Waals surface area contributed by atoms with Crippen molar-refractivity contribution >= 4 is 17.5 Å². The molecule has 6 heteroatoms. The number of likely N-dealkylation sites (N-methyl/N-ethyl adjacent to an activating group) is 1. The first kappa shape index (κ1) is 16.9. The van der Waals surface area contributed by atoms with Crippen LogP contribution in [-0.2, 0) is 9.59 Å². The van der Waals surface area contributed by atoms with E-state index < -0.39 is 0 Å². The van der Waals surface area contributed by atoms with Crippen LogP contribution in [0.3, 0.4) is 0 Å². The van der Waals surface area contributed by atoms with Gasteiger partial charge in [-0.25, -0.2) is 4.90 Å². The maximum Gasteiger partial charge on any atom is 0.251 e. The van der Waals surface area contributed by atoms with Crippen LogP contribution in [0.5, 0.6) is 5.75 Å². The summed E-state index contributed by atoms with van der Waals surface area (Å²) in [4.78, 5) is 30.9. The summed E-state index contributed by atoms with van der Waals surface area (Å²) in [5, 5.41) is 0. The van der Waals surface area contributed by atoms with Crippen LogP contribution in [0.2, 0.25) is 0 Å². The molecular formula is C18H25N3O3. The van der Waals surface area contributed by atoms with Gasteiger partial charge in [-0.1, -0.05) is 6.92 Å². The van der Waals surface area contributed by atoms with E-state index in [1.54, 1.807) is 12.1 Å². The molecule has 0 aromatic heterocycles. The van der Waals surface area contributed by atoms with Crippen LogP contribution >= 0.6 is 0 Å². The third-order valence-electron chi connectivity index (χ3n) is 4.67. The lowest BCUT2D eigenvalue weighted by Gasteiger charge is -2.35. The smallest absolute Gasteiger partial charge is 0.251 e. The first-order valence-electron chi connectivity index (χ1n) is 8.62. The second-order valence-corrected chi connectivity index (χ2v) is 6.47. The monoisotopic (exact) mass is 331 g/mol. The van der Waals surface area contributed by atoms with Gasteiger partial charge in [-0.3, -0.25) is 14.5 Å². The zero-order chi connectivity index (χ0) is 17.1. The molecule has 0 unspecified atom stereocenters. The number of piperazine rings is 1. The topological polar surface area (TPSA) is 53.1 Å². The number of rotatable bonds is 5. The van der Waals surface area contributed by atoms with Crippen LogP contribution in [-0.4, -0.2) is 67.5 Å². The summed E-state index contributed by atoms with van der Waals surface area (Å²) in [6.07, 6.45) is 1.22. The molecular weight excluding hydrogens is 306 g/mol. The average Bonchev–Trinajstić information content (AvgIpc) is 2.89. The first-order valence-corrected chi connectivity index (χ1v) is 8.62. The molecule has 130 valence electrons. The zero-order valence-corrected chi connectivity index (χ0v) is 14.4. The number of hydrogen-bond donors (Lipinski definition) is 0. The summed E-state index contributed by atoms with van der Waals surface area (Å²) in [6, 6.07) is 6.88. The van der Waals surface area contributed by atoms with Crippen molar-refractivity contribution in [3.63, 3.8) is 0 Å². The predicted octanol–water partition coefficient (Wildman–Crippen LogP) is 1.35. The van der Waals surface area contributed by atoms with Crippen LogP contribution in [0, 0.1) is 0 Å². The maximum absolute atomic E-state index is 12.8. The first-order chi connectivity index (χ1) is 11.6. The van der Waals surface area contributed by atoms with E-state index in [1.807, 2.05) is 12.1 Å². The van der Waals surface area contributed by atoms with Crippen LogP contribution < -0.4 is 9.64 Å². The molecule has 1 aromatic carbocycles. The summed E-state index contributed by atoms with van der Waals surface area (Å²) in [6.45, 7) is 6.24. The summed E-state index contributed by atoms with van der Waals surface area (Å²) >= 11 is 0. The van der Waals surface area contributed by atoms with Gasteiger partial charge in [-0.2, -0.15) is 0 Å². The fourth-order valence-electron chi connectivity index (χ4n) is 3.22. The van der Waals surface area contributed by atoms with Gasteiger partial charge in [-0.05, 0) is 37.7 Å². The lowest BCUT2D eigenvalue weighted by atomic mass is 10.2. The number of carbonyl (C=O) groups excluding carboxylic acids is 2. The molecule has 2 aliphatic rings. The third kappa shape index (κ3) is 3.44. The van der Waals surface area contributed by atoms with Crippen LogP contribution in [0.15, 0.2) is 24.3 Å². The van der Waals surface area contributed by atoms with E-state index in [4.69, 9.17) is 4.74 Å². The average molecular weight is 331 g/mol. The number of carbonyl (C=O) groups is 2. The molecule has 3 rings (SSSR count). The van der Waals surface area contributed by atoms with Crippen molar-refractivity contribution < 1.29 is 14.3 Å². The molecule has 2 aliphatic heterocycles. The Morgan fingerprint density at radius 1 is 1.08 bits per heavy atom. The normalized spacial score (nSPS) is 23.1. The van der Waals surface area contributed by atoms with Gasteiger partial charge in [0.05, 0.1) is 24.8 Å². The fourth-order valence-corrected chi connectivity index (χ4v) is 3.22. The second kappa shape index (κ2) is 7.32. The molecule has 6 nitrogen and oxygen atoms in total. The highest BCUT2D eigenvalue weighted by molar-refractivity contribution is 6.22. The highest BCUT2D eigenvalue weighted by Crippen LogP contribution is 2.27. The van der Waals surface area contributed by atoms with Gasteiger partial charge < -0.3 is 9.64 Å². The molecule has 0 radical (unpaired) electrons. The number of imide groups is 1. The molecule has 0 spiro atoms. The van der Waals surface area contributed by atoms with Gasteiger partial charge in [0, 0.05) is 26.2 Å². The van der Waals surface area contributed by atoms with Gasteiger partial charge in [0.15, 0.2) is 0 Å². The minimum Gasteiger partial charge on any atom is -0.494 e. The molecule has 24 heavy (non-hydrogen) atoms. The Bertz CT molecular complexity index is 594. The highest BCUT2D eigenvalue weighted by atomic mass is 16.5. The quantitative estimate of drug-likeness (QED) is 0.763. The molecule has 2 amide bonds. The van der Waals surface area contributed by atoms with Crippen molar-refractivity contribution in [1.29, 1.82) is 0 Å². The Labute approximate surface area is 143 Å². The predicted molar refractivity (Wildman–Crippen MR) is 92.2 cm³/mol. The second-order valence-electron chi connectivity index (χ2n) is 6.47. The molecule has 0 N–H and O–H groups in total. The fraction of sp³-hybridized carbons (Fsp3) is 0.556. The minimum absolute atomic E-state index is 0.105. The van der Waals surface area contributed by atoms with Crippen molar-refractivity contribution in [3.8, 4) is 5.75 Å². The van der Waals surface area contributed by atoms with E-state index in [2.05, 4.69) is 23.8 Å². The van der Waals surface area contributed by atoms with E-state index >= 15 is 0 Å². The Balaban J connectivity index is 1.70. The van der Waals surface area contributed by atoms with E-state index in [1.165, 1.54) is 4.90 Å². The van der Waals surface area contributed by atoms with Gasteiger partial charge in [0.25, 0.3) is 5.91 Å². The zero-order valence-electron chi connectivity index (χ0n) is 14.4. The van der Waals surface area contributed by atoms with Gasteiger partial charge >= 0.3 is 0 Å². The van der Waals surface area contributed by atoms with E-state index in [9.17, 15) is 9.59 Å². The number of ether oxygens (including phenoxy) is 1. The van der Waals surface area contributed by atoms with Gasteiger partial charge in [0.1, 0.15) is 5.75 Å². The third-order valence-corrected chi connectivity index (χ3v) is 4.67. The number of anilines is 1. The summed E-state index contributed by atoms with van der Waals surface area (Å²) in [5.74, 6) is 0.535. The van der Waals surface area contributed by atoms with Crippen LogP contribution in [0.25, 0.3) is 0 Å². The Morgan fingerprint density at radius 2 is 1.75 bits per heavy atom. The van der Waals surface area contributed by atoms with Gasteiger partial charge in [-0.15, -0.1) is 0 Å². The van der Waals surface area contributed by atoms with Crippen molar-refractivity contribution in [2.45, 2.75) is 25.8 Å². The number of amides is 2. The van der Waals surface area contributed by atoms with Crippen molar-refractivity contribution in [2.24, 2.45) is 0 Å². The van der Waals surface area contributed by atoms with E-state index in [0.29, 0.717) is 12.3 Å². The van der Waals surface area contributed by atoms with E-state index in [-0.39, 0.29) is 24.3 Å². The maximum atomic E-state index is 12.8. The lowest BCUT2D eigenvalue weighted by Crippen LogP contribution is -2.51. The minimum atomic E-state index is -0.317. The molecule has 2 saturated heterocycles. The number of nitrogens with zero attached hydrogens (tertiary/aromatic N) is 3. The molecule has 1 atom stereocenters. The van der Waals surface area contributed by atoms with E-state index in [0.717, 1.165) is 38.3 Å². The summed E-state index contributed by atoms with van der Waals surface area (Å²) < 4.78 is 5.55. The molecule has 2 heterocycles. The number of benzene rings is 1. The SMILES string of the molecule is CCCOc1ccc(N2C(=O)C[C@@H](N3CCN(C)CC3)C2=O)cc1. The van der Waals surface area contributed by atoms with Crippen molar-refractivity contribution in [1.82, 2.24) is 9.80 Å². The Morgan fingerprint density at radius 3 is 2.38 bits per heavy atom. The molecule has 0 saturated carbocycles. The summed E-state index contributed by atoms with van der Waals surface area (Å²) in [7, 11) is 2.08. The lowest BCUT2D eigenvalue weighted by molar-refractivity contribution is -0.123. The van der Waals surface area contributed by atoms with Crippen molar-refractivity contribution in [2.75, 3.05) is 44.7 Å².